The van der Waals surface area contributed by atoms with Crippen molar-refractivity contribution in [2.75, 3.05) is 13.1 Å². The van der Waals surface area contributed by atoms with Crippen molar-refractivity contribution < 1.29 is 53.7 Å². The van der Waals surface area contributed by atoms with E-state index < -0.39 is 59.8 Å². The number of aliphatic carboxylic acids is 3. The molecule has 11 N–H and O–H groups in total. The van der Waals surface area contributed by atoms with Crippen molar-refractivity contribution in [2.24, 2.45) is 11.5 Å². The summed E-state index contributed by atoms with van der Waals surface area (Å²) in [6, 6.07) is -3.87. The summed E-state index contributed by atoms with van der Waals surface area (Å²) in [5.74, 6) is -5.31. The van der Waals surface area contributed by atoms with E-state index in [9.17, 15) is 48.6 Å². The Morgan fingerprint density at radius 1 is 0.446 bits per heavy atom. The monoisotopic (exact) mass is 799 g/mol. The maximum atomic E-state index is 12.5. The van der Waals surface area contributed by atoms with E-state index in [1.54, 1.807) is 0 Å². The van der Waals surface area contributed by atoms with E-state index in [0.29, 0.717) is 51.5 Å². The van der Waals surface area contributed by atoms with E-state index in [0.717, 1.165) is 70.6 Å². The van der Waals surface area contributed by atoms with Crippen LogP contribution in [0.2, 0.25) is 0 Å². The van der Waals surface area contributed by atoms with Gasteiger partial charge in [0.05, 0.1) is 12.1 Å². The minimum Gasteiger partial charge on any atom is -0.481 e. The number of hydrogen-bond acceptors (Lipinski definition) is 10. The van der Waals surface area contributed by atoms with Gasteiger partial charge in [-0.05, 0) is 71.1 Å². The number of hydrogen-bond donors (Lipinski definition) is 9. The highest BCUT2D eigenvalue weighted by molar-refractivity contribution is 5.86. The van der Waals surface area contributed by atoms with Crippen molar-refractivity contribution in [3.05, 3.63) is 0 Å². The zero-order chi connectivity index (χ0) is 42.1. The molecule has 0 saturated carbocycles. The zero-order valence-electron chi connectivity index (χ0n) is 33.5. The van der Waals surface area contributed by atoms with Crippen LogP contribution in [0.5, 0.6) is 0 Å². The number of amides is 4. The van der Waals surface area contributed by atoms with Gasteiger partial charge in [-0.1, -0.05) is 64.2 Å². The molecular weight excluding hydrogens is 728 g/mol. The number of carboxylic acids is 3. The Hall–Kier alpha value is -4.12. The molecule has 0 radical (unpaired) electrons. The number of carbonyl (C=O) groups is 8. The first-order valence-corrected chi connectivity index (χ1v) is 20.5. The fourth-order valence-electron chi connectivity index (χ4n) is 5.90. The van der Waals surface area contributed by atoms with Crippen LogP contribution in [0.4, 0.5) is 0 Å². The molecule has 0 aliphatic heterocycles. The molecule has 0 rings (SSSR count). The smallest absolute Gasteiger partial charge is 0.326 e. The fraction of sp³-hybridized carbons (Fsp3) is 0.795. The molecule has 0 spiro atoms. The van der Waals surface area contributed by atoms with Crippen LogP contribution in [0.1, 0.15) is 161 Å². The van der Waals surface area contributed by atoms with Crippen molar-refractivity contribution in [3.8, 4) is 0 Å². The summed E-state index contributed by atoms with van der Waals surface area (Å²) in [4.78, 5) is 94.4. The lowest BCUT2D eigenvalue weighted by atomic mass is 10.0. The molecule has 17 nitrogen and oxygen atoms in total. The lowest BCUT2D eigenvalue weighted by Gasteiger charge is -2.17. The third kappa shape index (κ3) is 30.1. The molecule has 0 unspecified atom stereocenters. The first-order valence-electron chi connectivity index (χ1n) is 20.5. The highest BCUT2D eigenvalue weighted by atomic mass is 16.4. The van der Waals surface area contributed by atoms with Gasteiger partial charge in [0.25, 0.3) is 0 Å². The van der Waals surface area contributed by atoms with Gasteiger partial charge in [0, 0.05) is 38.8 Å². The number of nitrogens with two attached hydrogens (primary N) is 2. The second kappa shape index (κ2) is 33.1. The minimum atomic E-state index is -1.37. The average Bonchev–Trinajstić information content (AvgIpc) is 3.13. The Balaban J connectivity index is 4.16. The number of carbonyl (C=O) groups excluding carboxylic acids is 5. The van der Waals surface area contributed by atoms with Crippen LogP contribution in [0, 0.1) is 0 Å². The molecule has 0 fully saturated rings. The summed E-state index contributed by atoms with van der Waals surface area (Å²) < 4.78 is 0. The van der Waals surface area contributed by atoms with Crippen LogP contribution in [0.3, 0.4) is 0 Å². The minimum absolute atomic E-state index is 0.0709. The first-order chi connectivity index (χ1) is 26.6. The van der Waals surface area contributed by atoms with E-state index in [1.807, 2.05) is 0 Å². The Morgan fingerprint density at radius 2 is 0.839 bits per heavy atom. The number of nitrogens with one attached hydrogen (secondary N) is 4. The maximum absolute atomic E-state index is 12.5. The topological polar surface area (TPSA) is 297 Å². The second-order valence-corrected chi connectivity index (χ2v) is 14.6. The molecule has 4 amide bonds. The van der Waals surface area contributed by atoms with Crippen molar-refractivity contribution >= 4 is 47.3 Å². The first kappa shape index (κ1) is 51.9. The van der Waals surface area contributed by atoms with E-state index in [-0.39, 0.29) is 56.8 Å². The molecule has 0 aliphatic carbocycles. The van der Waals surface area contributed by atoms with Crippen LogP contribution in [0.15, 0.2) is 0 Å². The van der Waals surface area contributed by atoms with Gasteiger partial charge in [0.2, 0.25) is 23.6 Å². The molecule has 0 aromatic carbocycles. The van der Waals surface area contributed by atoms with Crippen LogP contribution >= 0.6 is 0 Å². The Bertz CT molecular complexity index is 1200. The van der Waals surface area contributed by atoms with Gasteiger partial charge in [-0.3, -0.25) is 28.8 Å². The van der Waals surface area contributed by atoms with E-state index in [1.165, 1.54) is 6.92 Å². The quantitative estimate of drug-likeness (QED) is 0.0409. The van der Waals surface area contributed by atoms with Crippen LogP contribution in [0.25, 0.3) is 0 Å². The largest absolute Gasteiger partial charge is 0.481 e. The van der Waals surface area contributed by atoms with Gasteiger partial charge < -0.3 is 48.1 Å². The number of carboxylic acid groups (broad SMARTS) is 3. The standard InChI is InChI=1S/C39H70N6O11/c1-28(46)29(40)18-14-17-27-43-37(52)30(41)19-15-16-26-42-33(47)24-22-31(38(53)54)45-35(49)25-23-32(39(55)56)44-34(48)20-12-10-8-6-4-2-3-5-7-9-11-13-21-36(50)51/h29-32H,2-27,40-41H2,1H3,(H,42,47)(H,43,52)(H,44,48)(H,45,49)(H,50,51)(H,53,54)(H,55,56)/t29-,30-,31-,32-/m0/s1. The Labute approximate surface area is 331 Å². The van der Waals surface area contributed by atoms with Gasteiger partial charge in [-0.2, -0.15) is 0 Å². The molecule has 0 saturated heterocycles. The summed E-state index contributed by atoms with van der Waals surface area (Å²) >= 11 is 0. The molecule has 0 bridgehead atoms. The third-order valence-electron chi connectivity index (χ3n) is 9.50. The Kier molecular flexibility index (Phi) is 30.6. The Morgan fingerprint density at radius 3 is 1.29 bits per heavy atom. The highest BCUT2D eigenvalue weighted by Crippen LogP contribution is 2.13. The number of unbranched alkanes of at least 4 members (excludes halogenated alkanes) is 13. The second-order valence-electron chi connectivity index (χ2n) is 14.6. The molecule has 0 aromatic heterocycles. The maximum Gasteiger partial charge on any atom is 0.326 e. The molecule has 0 aromatic rings. The number of ketones is 1. The van der Waals surface area contributed by atoms with Gasteiger partial charge in [0.1, 0.15) is 17.9 Å². The van der Waals surface area contributed by atoms with E-state index in [2.05, 4.69) is 21.3 Å². The van der Waals surface area contributed by atoms with Gasteiger partial charge in [-0.25, -0.2) is 9.59 Å². The summed E-state index contributed by atoms with van der Waals surface area (Å²) in [7, 11) is 0. The SMILES string of the molecule is CC(=O)[C@@H](N)CCCCNC(=O)[C@@H](N)CCCCNC(=O)CC[C@H](NC(=O)CC[C@H](NC(=O)CCCCCCCCCCCCCCC(=O)O)C(=O)O)C(=O)O. The van der Waals surface area contributed by atoms with Gasteiger partial charge >= 0.3 is 17.9 Å². The van der Waals surface area contributed by atoms with Crippen molar-refractivity contribution in [3.63, 3.8) is 0 Å². The van der Waals surface area contributed by atoms with Crippen molar-refractivity contribution in [2.45, 2.75) is 185 Å². The summed E-state index contributed by atoms with van der Waals surface area (Å²) in [6.07, 6.45) is 14.8. The molecule has 4 atom stereocenters. The summed E-state index contributed by atoms with van der Waals surface area (Å²) in [6.45, 7) is 2.16. The molecule has 0 aliphatic rings. The van der Waals surface area contributed by atoms with Crippen LogP contribution in [-0.4, -0.2) is 99.9 Å². The normalized spacial score (nSPS) is 13.1. The average molecular weight is 799 g/mol. The van der Waals surface area contributed by atoms with Gasteiger partial charge in [-0.15, -0.1) is 0 Å². The predicted molar refractivity (Wildman–Crippen MR) is 210 cm³/mol. The molecule has 0 heterocycles. The predicted octanol–water partition coefficient (Wildman–Crippen LogP) is 3.05. The highest BCUT2D eigenvalue weighted by Gasteiger charge is 2.24. The molecule has 56 heavy (non-hydrogen) atoms. The lowest BCUT2D eigenvalue weighted by molar-refractivity contribution is -0.143. The molecule has 322 valence electrons. The third-order valence-corrected chi connectivity index (χ3v) is 9.50. The van der Waals surface area contributed by atoms with Crippen molar-refractivity contribution in [1.82, 2.24) is 21.3 Å². The molecule has 17 heteroatoms. The number of Topliss-reactive ketones (excluding diaryl/α,β-unsaturated/α-hetero) is 1. The summed E-state index contributed by atoms with van der Waals surface area (Å²) in [5.41, 5.74) is 11.6. The fourth-order valence-corrected chi connectivity index (χ4v) is 5.90. The van der Waals surface area contributed by atoms with E-state index >= 15 is 0 Å². The zero-order valence-corrected chi connectivity index (χ0v) is 33.5. The van der Waals surface area contributed by atoms with Crippen LogP contribution < -0.4 is 32.7 Å². The van der Waals surface area contributed by atoms with Crippen molar-refractivity contribution in [1.29, 1.82) is 0 Å². The molecular formula is C39H70N6O11. The van der Waals surface area contributed by atoms with Gasteiger partial charge in [0.15, 0.2) is 0 Å². The number of rotatable bonds is 37. The lowest BCUT2D eigenvalue weighted by Crippen LogP contribution is -2.44. The van der Waals surface area contributed by atoms with E-state index in [4.69, 9.17) is 16.6 Å². The summed E-state index contributed by atoms with van der Waals surface area (Å²) in [5, 5.41) is 37.9. The van der Waals surface area contributed by atoms with Crippen LogP contribution in [-0.2, 0) is 38.4 Å².